The topological polar surface area (TPSA) is 67.3 Å². The van der Waals surface area contributed by atoms with Crippen molar-refractivity contribution in [2.45, 2.75) is 32.7 Å². The Balaban J connectivity index is 1.40. The Morgan fingerprint density at radius 2 is 2.03 bits per heavy atom. The molecule has 1 amide bonds. The first-order chi connectivity index (χ1) is 14.6. The van der Waals surface area contributed by atoms with E-state index in [9.17, 15) is 4.79 Å². The second-order valence-electron chi connectivity index (χ2n) is 7.51. The molecule has 0 atom stereocenters. The summed E-state index contributed by atoms with van der Waals surface area (Å²) in [7, 11) is 1.65. The van der Waals surface area contributed by atoms with E-state index < -0.39 is 0 Å². The molecule has 0 saturated heterocycles. The van der Waals surface area contributed by atoms with Crippen molar-refractivity contribution in [3.05, 3.63) is 77.1 Å². The van der Waals surface area contributed by atoms with Crippen molar-refractivity contribution in [1.29, 1.82) is 0 Å². The van der Waals surface area contributed by atoms with E-state index >= 15 is 0 Å². The molecule has 3 aromatic rings. The molecule has 30 heavy (non-hydrogen) atoms. The summed E-state index contributed by atoms with van der Waals surface area (Å²) in [4.78, 5) is 23.6. The van der Waals surface area contributed by atoms with Crippen molar-refractivity contribution in [2.24, 2.45) is 0 Å². The standard InChI is InChI=1S/C24H26N4O2/c1-17-11-13-25-24(26-17)28-14-12-18-7-9-21(15-20(18)16-28)27-23(29)10-8-19-5-3-4-6-22(19)30-2/h3-7,9,11,13,15H,8,10,12,14,16H2,1-2H3,(H,27,29). The molecule has 0 spiro atoms. The summed E-state index contributed by atoms with van der Waals surface area (Å²) in [5.41, 5.74) is 5.34. The lowest BCUT2D eigenvalue weighted by molar-refractivity contribution is -0.116. The molecular formula is C24H26N4O2. The highest BCUT2D eigenvalue weighted by molar-refractivity contribution is 5.91. The number of benzene rings is 2. The molecule has 2 heterocycles. The number of anilines is 2. The highest BCUT2D eigenvalue weighted by Gasteiger charge is 2.19. The van der Waals surface area contributed by atoms with Gasteiger partial charge in [0.25, 0.3) is 0 Å². The van der Waals surface area contributed by atoms with Gasteiger partial charge in [-0.25, -0.2) is 9.97 Å². The molecule has 0 radical (unpaired) electrons. The first kappa shape index (κ1) is 19.9. The van der Waals surface area contributed by atoms with Crippen molar-refractivity contribution in [1.82, 2.24) is 9.97 Å². The number of ether oxygens (including phenoxy) is 1. The average molecular weight is 402 g/mol. The number of aromatic nitrogens is 2. The van der Waals surface area contributed by atoms with E-state index in [1.807, 2.05) is 43.3 Å². The summed E-state index contributed by atoms with van der Waals surface area (Å²) >= 11 is 0. The van der Waals surface area contributed by atoms with Crippen LogP contribution in [0.5, 0.6) is 5.75 Å². The maximum absolute atomic E-state index is 12.5. The van der Waals surface area contributed by atoms with E-state index in [2.05, 4.69) is 32.3 Å². The number of methoxy groups -OCH3 is 1. The minimum Gasteiger partial charge on any atom is -0.496 e. The Bertz CT molecular complexity index is 1050. The Kier molecular flexibility index (Phi) is 5.93. The van der Waals surface area contributed by atoms with Crippen LogP contribution in [0.2, 0.25) is 0 Å². The normalized spacial score (nSPS) is 12.9. The first-order valence-corrected chi connectivity index (χ1v) is 10.2. The van der Waals surface area contributed by atoms with Crippen LogP contribution in [0.3, 0.4) is 0 Å². The fraction of sp³-hybridized carbons (Fsp3) is 0.292. The number of nitrogens with zero attached hydrogens (tertiary/aromatic N) is 3. The van der Waals surface area contributed by atoms with Crippen LogP contribution in [0, 0.1) is 6.92 Å². The van der Waals surface area contributed by atoms with Gasteiger partial charge in [-0.05, 0) is 60.7 Å². The summed E-state index contributed by atoms with van der Waals surface area (Å²) < 4.78 is 5.37. The molecule has 6 heteroatoms. The predicted molar refractivity (Wildman–Crippen MR) is 118 cm³/mol. The number of rotatable bonds is 6. The van der Waals surface area contributed by atoms with Gasteiger partial charge >= 0.3 is 0 Å². The van der Waals surface area contributed by atoms with E-state index in [1.165, 1.54) is 11.1 Å². The molecule has 0 unspecified atom stereocenters. The zero-order valence-corrected chi connectivity index (χ0v) is 17.4. The lowest BCUT2D eigenvalue weighted by Gasteiger charge is -2.29. The number of amides is 1. The van der Waals surface area contributed by atoms with Gasteiger partial charge in [0, 0.05) is 37.1 Å². The highest BCUT2D eigenvalue weighted by Crippen LogP contribution is 2.25. The molecule has 1 aromatic heterocycles. The lowest BCUT2D eigenvalue weighted by Crippen LogP contribution is -2.32. The number of para-hydroxylation sites is 1. The largest absolute Gasteiger partial charge is 0.496 e. The fourth-order valence-corrected chi connectivity index (χ4v) is 3.77. The molecule has 154 valence electrons. The van der Waals surface area contributed by atoms with Gasteiger partial charge in [-0.3, -0.25) is 4.79 Å². The number of aryl methyl sites for hydroxylation is 2. The molecule has 4 rings (SSSR count). The van der Waals surface area contributed by atoms with Crippen LogP contribution in [0.4, 0.5) is 11.6 Å². The third-order valence-electron chi connectivity index (χ3n) is 5.38. The molecular weight excluding hydrogens is 376 g/mol. The number of fused-ring (bicyclic) bond motifs is 1. The Labute approximate surface area is 176 Å². The third kappa shape index (κ3) is 4.59. The SMILES string of the molecule is COc1ccccc1CCC(=O)Nc1ccc2c(c1)CN(c1nccc(C)n1)CC2. The van der Waals surface area contributed by atoms with Crippen molar-refractivity contribution >= 4 is 17.5 Å². The van der Waals surface area contributed by atoms with Crippen LogP contribution in [-0.4, -0.2) is 29.5 Å². The summed E-state index contributed by atoms with van der Waals surface area (Å²) in [6.45, 7) is 3.60. The molecule has 1 aliphatic heterocycles. The molecule has 1 aliphatic rings. The minimum atomic E-state index is -0.00413. The Morgan fingerprint density at radius 1 is 1.17 bits per heavy atom. The monoisotopic (exact) mass is 402 g/mol. The Morgan fingerprint density at radius 3 is 2.87 bits per heavy atom. The quantitative estimate of drug-likeness (QED) is 0.677. The molecule has 0 fully saturated rings. The highest BCUT2D eigenvalue weighted by atomic mass is 16.5. The summed E-state index contributed by atoms with van der Waals surface area (Å²) in [5, 5.41) is 3.03. The van der Waals surface area contributed by atoms with E-state index in [4.69, 9.17) is 4.74 Å². The van der Waals surface area contributed by atoms with Crippen LogP contribution < -0.4 is 15.0 Å². The number of hydrogen-bond donors (Lipinski definition) is 1. The average Bonchev–Trinajstić information content (AvgIpc) is 2.77. The fourth-order valence-electron chi connectivity index (χ4n) is 3.77. The van der Waals surface area contributed by atoms with Gasteiger partial charge in [-0.2, -0.15) is 0 Å². The lowest BCUT2D eigenvalue weighted by atomic mass is 9.99. The van der Waals surface area contributed by atoms with Crippen LogP contribution >= 0.6 is 0 Å². The van der Waals surface area contributed by atoms with Gasteiger partial charge in [-0.15, -0.1) is 0 Å². The number of nitrogens with one attached hydrogen (secondary N) is 1. The maximum atomic E-state index is 12.5. The number of carbonyl (C=O) groups excluding carboxylic acids is 1. The van der Waals surface area contributed by atoms with Gasteiger partial charge in [-0.1, -0.05) is 24.3 Å². The molecule has 6 nitrogen and oxygen atoms in total. The van der Waals surface area contributed by atoms with Gasteiger partial charge < -0.3 is 15.0 Å². The summed E-state index contributed by atoms with van der Waals surface area (Å²) in [6.07, 6.45) is 3.78. The first-order valence-electron chi connectivity index (χ1n) is 10.2. The summed E-state index contributed by atoms with van der Waals surface area (Å²) in [6, 6.07) is 15.9. The predicted octanol–water partition coefficient (Wildman–Crippen LogP) is 3.93. The van der Waals surface area contributed by atoms with Crippen molar-refractivity contribution in [3.8, 4) is 5.75 Å². The van der Waals surface area contributed by atoms with Crippen LogP contribution in [0.1, 0.15) is 28.8 Å². The maximum Gasteiger partial charge on any atom is 0.225 e. The number of carbonyl (C=O) groups is 1. The zero-order chi connectivity index (χ0) is 20.9. The van der Waals surface area contributed by atoms with Crippen LogP contribution in [0.15, 0.2) is 54.7 Å². The zero-order valence-electron chi connectivity index (χ0n) is 17.4. The molecule has 0 saturated carbocycles. The molecule has 2 aromatic carbocycles. The van der Waals surface area contributed by atoms with E-state index in [-0.39, 0.29) is 5.91 Å². The van der Waals surface area contributed by atoms with Gasteiger partial charge in [0.2, 0.25) is 11.9 Å². The van der Waals surface area contributed by atoms with Crippen molar-refractivity contribution < 1.29 is 9.53 Å². The summed E-state index contributed by atoms with van der Waals surface area (Å²) in [5.74, 6) is 1.57. The molecule has 0 bridgehead atoms. The van der Waals surface area contributed by atoms with E-state index in [1.54, 1.807) is 13.3 Å². The van der Waals surface area contributed by atoms with Crippen LogP contribution in [-0.2, 0) is 24.2 Å². The molecule has 1 N–H and O–H groups in total. The van der Waals surface area contributed by atoms with E-state index in [0.29, 0.717) is 12.8 Å². The van der Waals surface area contributed by atoms with Crippen molar-refractivity contribution in [3.63, 3.8) is 0 Å². The third-order valence-corrected chi connectivity index (χ3v) is 5.38. The second-order valence-corrected chi connectivity index (χ2v) is 7.51. The van der Waals surface area contributed by atoms with Crippen molar-refractivity contribution in [2.75, 3.05) is 23.9 Å². The minimum absolute atomic E-state index is 0.00413. The number of hydrogen-bond acceptors (Lipinski definition) is 5. The smallest absolute Gasteiger partial charge is 0.225 e. The van der Waals surface area contributed by atoms with Gasteiger partial charge in [0.05, 0.1) is 7.11 Å². The molecule has 0 aliphatic carbocycles. The second kappa shape index (κ2) is 8.95. The Hall–Kier alpha value is -3.41. The van der Waals surface area contributed by atoms with Gasteiger partial charge in [0.15, 0.2) is 0 Å². The van der Waals surface area contributed by atoms with Gasteiger partial charge in [0.1, 0.15) is 5.75 Å². The van der Waals surface area contributed by atoms with Crippen LogP contribution in [0.25, 0.3) is 0 Å². The van der Waals surface area contributed by atoms with E-state index in [0.717, 1.165) is 48.2 Å².